The molecule has 0 bridgehead atoms. The van der Waals surface area contributed by atoms with Crippen LogP contribution in [-0.4, -0.2) is 37.5 Å². The summed E-state index contributed by atoms with van der Waals surface area (Å²) < 4.78 is 15.5. The van der Waals surface area contributed by atoms with Crippen LogP contribution in [0.5, 0.6) is 5.75 Å². The van der Waals surface area contributed by atoms with E-state index in [2.05, 4.69) is 4.74 Å². The van der Waals surface area contributed by atoms with Crippen molar-refractivity contribution in [3.05, 3.63) is 29.8 Å². The Balaban J connectivity index is 2.24. The molecule has 0 aromatic heterocycles. The number of phenols is 1. The third-order valence-corrected chi connectivity index (χ3v) is 2.59. The van der Waals surface area contributed by atoms with Gasteiger partial charge >= 0.3 is 5.97 Å². The number of phenolic OH excluding ortho intramolecular Hbond substituents is 1. The van der Waals surface area contributed by atoms with Crippen molar-refractivity contribution >= 4 is 5.97 Å². The smallest absolute Gasteiger partial charge is 0.338 e. The molecular formula is C12H14O5. The van der Waals surface area contributed by atoms with Crippen LogP contribution in [0.15, 0.2) is 24.3 Å². The highest BCUT2D eigenvalue weighted by Crippen LogP contribution is 2.29. The molecule has 5 heteroatoms. The van der Waals surface area contributed by atoms with Crippen LogP contribution in [0.3, 0.4) is 0 Å². The summed E-state index contributed by atoms with van der Waals surface area (Å²) in [6.45, 7) is 0.767. The Morgan fingerprint density at radius 1 is 1.41 bits per heavy atom. The van der Waals surface area contributed by atoms with Gasteiger partial charge < -0.3 is 19.3 Å². The van der Waals surface area contributed by atoms with Crippen LogP contribution < -0.4 is 0 Å². The molecule has 0 spiro atoms. The van der Waals surface area contributed by atoms with Crippen molar-refractivity contribution in [2.75, 3.05) is 20.3 Å². The molecule has 1 aromatic carbocycles. The van der Waals surface area contributed by atoms with Gasteiger partial charge in [-0.05, 0) is 17.7 Å². The van der Waals surface area contributed by atoms with E-state index < -0.39 is 18.2 Å². The van der Waals surface area contributed by atoms with E-state index in [0.29, 0.717) is 18.8 Å². The van der Waals surface area contributed by atoms with Gasteiger partial charge in [-0.3, -0.25) is 0 Å². The molecule has 0 aliphatic carbocycles. The molecule has 1 aliphatic heterocycles. The van der Waals surface area contributed by atoms with Crippen LogP contribution in [0, 0.1) is 0 Å². The number of methoxy groups -OCH3 is 1. The third kappa shape index (κ3) is 2.57. The van der Waals surface area contributed by atoms with Crippen molar-refractivity contribution in [3.63, 3.8) is 0 Å². The lowest BCUT2D eigenvalue weighted by molar-refractivity contribution is -0.184. The first-order valence-electron chi connectivity index (χ1n) is 5.32. The second kappa shape index (κ2) is 5.16. The zero-order valence-corrected chi connectivity index (χ0v) is 9.46. The molecule has 1 N–H and O–H groups in total. The maximum atomic E-state index is 11.5. The van der Waals surface area contributed by atoms with Crippen molar-refractivity contribution in [3.8, 4) is 5.75 Å². The number of benzene rings is 1. The van der Waals surface area contributed by atoms with E-state index in [4.69, 9.17) is 9.47 Å². The number of aromatic hydroxyl groups is 1. The van der Waals surface area contributed by atoms with Crippen LogP contribution in [0.1, 0.15) is 11.7 Å². The fourth-order valence-electron chi connectivity index (χ4n) is 1.81. The summed E-state index contributed by atoms with van der Waals surface area (Å²) in [5.74, 6) is -0.349. The summed E-state index contributed by atoms with van der Waals surface area (Å²) in [7, 11) is 1.31. The first-order chi connectivity index (χ1) is 8.22. The Morgan fingerprint density at radius 2 is 2.18 bits per heavy atom. The Hall–Kier alpha value is -1.59. The second-order valence-corrected chi connectivity index (χ2v) is 3.70. The van der Waals surface area contributed by atoms with E-state index in [-0.39, 0.29) is 5.75 Å². The van der Waals surface area contributed by atoms with E-state index in [9.17, 15) is 9.90 Å². The molecule has 1 saturated heterocycles. The summed E-state index contributed by atoms with van der Waals surface area (Å²) in [5.41, 5.74) is 0.695. The van der Waals surface area contributed by atoms with Crippen molar-refractivity contribution in [1.29, 1.82) is 0 Å². The highest BCUT2D eigenvalue weighted by atomic mass is 16.6. The van der Waals surface area contributed by atoms with Crippen molar-refractivity contribution < 1.29 is 24.1 Å². The van der Waals surface area contributed by atoms with Gasteiger partial charge in [0.1, 0.15) is 11.9 Å². The lowest BCUT2D eigenvalue weighted by Gasteiger charge is -2.30. The number of hydrogen-bond acceptors (Lipinski definition) is 5. The molecule has 2 rings (SSSR count). The fraction of sp³-hybridized carbons (Fsp3) is 0.417. The normalized spacial score (nSPS) is 24.3. The fourth-order valence-corrected chi connectivity index (χ4v) is 1.81. The Bertz CT molecular complexity index is 404. The average Bonchev–Trinajstić information content (AvgIpc) is 2.38. The third-order valence-electron chi connectivity index (χ3n) is 2.59. The monoisotopic (exact) mass is 238 g/mol. The number of esters is 1. The number of carbonyl (C=O) groups excluding carboxylic acids is 1. The van der Waals surface area contributed by atoms with Gasteiger partial charge in [0.05, 0.1) is 20.3 Å². The van der Waals surface area contributed by atoms with Gasteiger partial charge in [0, 0.05) is 0 Å². The van der Waals surface area contributed by atoms with Gasteiger partial charge in [0.25, 0.3) is 0 Å². The van der Waals surface area contributed by atoms with Crippen molar-refractivity contribution in [1.82, 2.24) is 0 Å². The molecule has 2 atom stereocenters. The maximum Gasteiger partial charge on any atom is 0.338 e. The van der Waals surface area contributed by atoms with Gasteiger partial charge in [-0.2, -0.15) is 0 Å². The van der Waals surface area contributed by atoms with Gasteiger partial charge in [-0.1, -0.05) is 12.1 Å². The first kappa shape index (κ1) is 11.9. The molecule has 17 heavy (non-hydrogen) atoms. The minimum absolute atomic E-state index is 0.125. The van der Waals surface area contributed by atoms with E-state index in [1.54, 1.807) is 24.3 Å². The van der Waals surface area contributed by atoms with Crippen LogP contribution in [0.2, 0.25) is 0 Å². The molecule has 1 heterocycles. The standard InChI is InChI=1S/C12H14O5/c1-15-12(14)11-10(16-5-6-17-11)8-3-2-4-9(13)7-8/h2-4,7,10-11,13H,5-6H2,1H3. The summed E-state index contributed by atoms with van der Waals surface area (Å²) in [6.07, 6.45) is -1.32. The largest absolute Gasteiger partial charge is 0.508 e. The zero-order chi connectivity index (χ0) is 12.3. The number of hydrogen-bond donors (Lipinski definition) is 1. The Kier molecular flexibility index (Phi) is 3.61. The average molecular weight is 238 g/mol. The van der Waals surface area contributed by atoms with Crippen LogP contribution >= 0.6 is 0 Å². The second-order valence-electron chi connectivity index (χ2n) is 3.70. The molecule has 0 radical (unpaired) electrons. The maximum absolute atomic E-state index is 11.5. The van der Waals surface area contributed by atoms with Crippen LogP contribution in [0.4, 0.5) is 0 Å². The Morgan fingerprint density at radius 3 is 2.88 bits per heavy atom. The summed E-state index contributed by atoms with van der Waals surface area (Å²) in [6, 6.07) is 6.57. The summed E-state index contributed by atoms with van der Waals surface area (Å²) >= 11 is 0. The summed E-state index contributed by atoms with van der Waals surface area (Å²) in [5, 5.41) is 9.41. The van der Waals surface area contributed by atoms with Gasteiger partial charge in [0.2, 0.25) is 0 Å². The van der Waals surface area contributed by atoms with Crippen molar-refractivity contribution in [2.24, 2.45) is 0 Å². The molecule has 2 unspecified atom stereocenters. The molecule has 0 amide bonds. The van der Waals surface area contributed by atoms with E-state index in [0.717, 1.165) is 0 Å². The zero-order valence-electron chi connectivity index (χ0n) is 9.46. The minimum atomic E-state index is -0.782. The molecule has 0 saturated carbocycles. The van der Waals surface area contributed by atoms with Crippen molar-refractivity contribution in [2.45, 2.75) is 12.2 Å². The SMILES string of the molecule is COC(=O)C1OCCOC1c1cccc(O)c1. The molecule has 5 nitrogen and oxygen atoms in total. The molecule has 1 fully saturated rings. The molecule has 1 aromatic rings. The topological polar surface area (TPSA) is 65.0 Å². The predicted octanol–water partition coefficient (Wildman–Crippen LogP) is 1.02. The number of ether oxygens (including phenoxy) is 3. The van der Waals surface area contributed by atoms with E-state index in [1.807, 2.05) is 0 Å². The minimum Gasteiger partial charge on any atom is -0.508 e. The number of carbonyl (C=O) groups is 1. The van der Waals surface area contributed by atoms with Crippen LogP contribution in [-0.2, 0) is 19.0 Å². The lowest BCUT2D eigenvalue weighted by Crippen LogP contribution is -2.39. The first-order valence-corrected chi connectivity index (χ1v) is 5.32. The summed E-state index contributed by atoms with van der Waals surface area (Å²) in [4.78, 5) is 11.5. The quantitative estimate of drug-likeness (QED) is 0.779. The highest BCUT2D eigenvalue weighted by molar-refractivity contribution is 5.75. The molecule has 1 aliphatic rings. The van der Waals surface area contributed by atoms with Gasteiger partial charge in [-0.25, -0.2) is 4.79 Å². The van der Waals surface area contributed by atoms with Crippen LogP contribution in [0.25, 0.3) is 0 Å². The number of rotatable bonds is 2. The van der Waals surface area contributed by atoms with E-state index >= 15 is 0 Å². The van der Waals surface area contributed by atoms with Gasteiger partial charge in [-0.15, -0.1) is 0 Å². The Labute approximate surface area is 98.9 Å². The van der Waals surface area contributed by atoms with Gasteiger partial charge in [0.15, 0.2) is 6.10 Å². The highest BCUT2D eigenvalue weighted by Gasteiger charge is 2.35. The molecular weight excluding hydrogens is 224 g/mol. The molecule has 92 valence electrons. The lowest BCUT2D eigenvalue weighted by atomic mass is 10.0. The predicted molar refractivity (Wildman–Crippen MR) is 58.6 cm³/mol. The van der Waals surface area contributed by atoms with E-state index in [1.165, 1.54) is 7.11 Å².